The number of rotatable bonds is 1. The second kappa shape index (κ2) is 4.63. The van der Waals surface area contributed by atoms with Crippen LogP contribution in [0.4, 0.5) is 0 Å². The lowest BCUT2D eigenvalue weighted by atomic mass is 10.0. The Morgan fingerprint density at radius 3 is 2.94 bits per heavy atom. The van der Waals surface area contributed by atoms with Crippen molar-refractivity contribution >= 4 is 11.6 Å². The molecule has 1 aliphatic rings. The molecule has 0 amide bonds. The van der Waals surface area contributed by atoms with E-state index in [-0.39, 0.29) is 0 Å². The number of nitrogens with zero attached hydrogens (tertiary/aromatic N) is 3. The summed E-state index contributed by atoms with van der Waals surface area (Å²) < 4.78 is 0. The molecule has 0 bridgehead atoms. The van der Waals surface area contributed by atoms with E-state index in [1.165, 1.54) is 5.56 Å². The SMILES string of the molecule is Cc1nc(-c2ccc(Cl)cn2)nc2c1CCNC2. The van der Waals surface area contributed by atoms with Crippen LogP contribution in [-0.2, 0) is 13.0 Å². The smallest absolute Gasteiger partial charge is 0.178 e. The van der Waals surface area contributed by atoms with Crippen LogP contribution in [0.2, 0.25) is 5.02 Å². The van der Waals surface area contributed by atoms with Crippen LogP contribution in [-0.4, -0.2) is 21.5 Å². The number of hydrogen-bond acceptors (Lipinski definition) is 4. The van der Waals surface area contributed by atoms with Crippen molar-refractivity contribution in [3.05, 3.63) is 40.3 Å². The highest BCUT2D eigenvalue weighted by Crippen LogP contribution is 2.20. The molecule has 4 nitrogen and oxygen atoms in total. The third-order valence-corrected chi connectivity index (χ3v) is 3.32. The Hall–Kier alpha value is -1.52. The summed E-state index contributed by atoms with van der Waals surface area (Å²) >= 11 is 5.83. The Bertz CT molecular complexity index is 580. The molecule has 0 atom stereocenters. The molecular formula is C13H13ClN4. The lowest BCUT2D eigenvalue weighted by Crippen LogP contribution is -2.26. The van der Waals surface area contributed by atoms with Crippen molar-refractivity contribution in [2.75, 3.05) is 6.54 Å². The molecule has 3 rings (SSSR count). The quantitative estimate of drug-likeness (QED) is 0.854. The number of hydrogen-bond donors (Lipinski definition) is 1. The van der Waals surface area contributed by atoms with Gasteiger partial charge in [-0.25, -0.2) is 9.97 Å². The Morgan fingerprint density at radius 1 is 1.28 bits per heavy atom. The molecule has 0 saturated heterocycles. The summed E-state index contributed by atoms with van der Waals surface area (Å²) in [6, 6.07) is 3.65. The lowest BCUT2D eigenvalue weighted by Gasteiger charge is -2.18. The number of nitrogens with one attached hydrogen (secondary N) is 1. The van der Waals surface area contributed by atoms with Crippen molar-refractivity contribution in [2.24, 2.45) is 0 Å². The summed E-state index contributed by atoms with van der Waals surface area (Å²) in [7, 11) is 0. The van der Waals surface area contributed by atoms with Gasteiger partial charge in [0.1, 0.15) is 5.69 Å². The minimum Gasteiger partial charge on any atom is -0.311 e. The van der Waals surface area contributed by atoms with E-state index < -0.39 is 0 Å². The molecule has 1 aliphatic heterocycles. The molecule has 92 valence electrons. The average Bonchev–Trinajstić information content (AvgIpc) is 2.39. The van der Waals surface area contributed by atoms with E-state index in [4.69, 9.17) is 11.6 Å². The maximum atomic E-state index is 5.83. The van der Waals surface area contributed by atoms with Gasteiger partial charge in [0.25, 0.3) is 0 Å². The maximum Gasteiger partial charge on any atom is 0.178 e. The molecule has 0 aliphatic carbocycles. The number of pyridine rings is 1. The van der Waals surface area contributed by atoms with Gasteiger partial charge in [0.05, 0.1) is 10.7 Å². The van der Waals surface area contributed by atoms with Gasteiger partial charge in [-0.15, -0.1) is 0 Å². The van der Waals surface area contributed by atoms with Crippen molar-refractivity contribution in [3.63, 3.8) is 0 Å². The average molecular weight is 261 g/mol. The third kappa shape index (κ3) is 2.09. The number of fused-ring (bicyclic) bond motifs is 1. The molecule has 0 spiro atoms. The number of aryl methyl sites for hydroxylation is 1. The third-order valence-electron chi connectivity index (χ3n) is 3.10. The summed E-state index contributed by atoms with van der Waals surface area (Å²) in [5.74, 6) is 0.673. The van der Waals surface area contributed by atoms with Crippen molar-refractivity contribution in [1.82, 2.24) is 20.3 Å². The van der Waals surface area contributed by atoms with Gasteiger partial charge in [0, 0.05) is 18.4 Å². The first-order valence-electron chi connectivity index (χ1n) is 5.93. The first-order valence-corrected chi connectivity index (χ1v) is 6.31. The Kier molecular flexibility index (Phi) is 2.97. The number of aromatic nitrogens is 3. The van der Waals surface area contributed by atoms with Crippen molar-refractivity contribution < 1.29 is 0 Å². The maximum absolute atomic E-state index is 5.83. The highest BCUT2D eigenvalue weighted by molar-refractivity contribution is 6.30. The van der Waals surface area contributed by atoms with Crippen LogP contribution in [0.25, 0.3) is 11.5 Å². The van der Waals surface area contributed by atoms with Crippen LogP contribution in [0.3, 0.4) is 0 Å². The molecule has 1 N–H and O–H groups in total. The molecule has 2 aromatic heterocycles. The van der Waals surface area contributed by atoms with Crippen molar-refractivity contribution in [3.8, 4) is 11.5 Å². The summed E-state index contributed by atoms with van der Waals surface area (Å²) in [6.07, 6.45) is 2.61. The molecule has 0 unspecified atom stereocenters. The monoisotopic (exact) mass is 260 g/mol. The van der Waals surface area contributed by atoms with Crippen LogP contribution >= 0.6 is 11.6 Å². The molecule has 2 aromatic rings. The van der Waals surface area contributed by atoms with Gasteiger partial charge in [-0.2, -0.15) is 0 Å². The molecular weight excluding hydrogens is 248 g/mol. The normalized spacial score (nSPS) is 14.3. The number of halogens is 1. The van der Waals surface area contributed by atoms with Gasteiger partial charge in [-0.3, -0.25) is 4.98 Å². The second-order valence-corrected chi connectivity index (χ2v) is 4.78. The summed E-state index contributed by atoms with van der Waals surface area (Å²) in [4.78, 5) is 13.4. The summed E-state index contributed by atoms with van der Waals surface area (Å²) in [5.41, 5.74) is 4.16. The molecule has 0 fully saturated rings. The van der Waals surface area contributed by atoms with Crippen LogP contribution in [0.15, 0.2) is 18.3 Å². The molecule has 0 saturated carbocycles. The van der Waals surface area contributed by atoms with Gasteiger partial charge in [0.2, 0.25) is 0 Å². The summed E-state index contributed by atoms with van der Waals surface area (Å²) in [6.45, 7) is 3.83. The van der Waals surface area contributed by atoms with Crippen LogP contribution < -0.4 is 5.32 Å². The van der Waals surface area contributed by atoms with Crippen molar-refractivity contribution in [2.45, 2.75) is 19.9 Å². The van der Waals surface area contributed by atoms with Gasteiger partial charge >= 0.3 is 0 Å². The van der Waals surface area contributed by atoms with Gasteiger partial charge in [-0.05, 0) is 37.6 Å². The fourth-order valence-electron chi connectivity index (χ4n) is 2.17. The zero-order valence-corrected chi connectivity index (χ0v) is 10.8. The van der Waals surface area contributed by atoms with Gasteiger partial charge in [0.15, 0.2) is 5.82 Å². The van der Waals surface area contributed by atoms with Crippen molar-refractivity contribution in [1.29, 1.82) is 0 Å². The largest absolute Gasteiger partial charge is 0.311 e. The zero-order chi connectivity index (χ0) is 12.5. The molecule has 5 heteroatoms. The zero-order valence-electron chi connectivity index (χ0n) is 10.1. The topological polar surface area (TPSA) is 50.7 Å². The van der Waals surface area contributed by atoms with E-state index in [0.717, 1.165) is 36.6 Å². The highest BCUT2D eigenvalue weighted by Gasteiger charge is 2.16. The lowest BCUT2D eigenvalue weighted by molar-refractivity contribution is 0.620. The van der Waals surface area contributed by atoms with Crippen LogP contribution in [0.1, 0.15) is 17.0 Å². The molecule has 0 radical (unpaired) electrons. The van der Waals surface area contributed by atoms with E-state index in [0.29, 0.717) is 10.8 Å². The summed E-state index contributed by atoms with van der Waals surface area (Å²) in [5, 5.41) is 3.94. The van der Waals surface area contributed by atoms with Gasteiger partial charge in [-0.1, -0.05) is 11.6 Å². The molecule has 18 heavy (non-hydrogen) atoms. The first-order chi connectivity index (χ1) is 8.74. The van der Waals surface area contributed by atoms with E-state index in [9.17, 15) is 0 Å². The first kappa shape index (κ1) is 11.6. The van der Waals surface area contributed by atoms with Gasteiger partial charge < -0.3 is 5.32 Å². The minimum absolute atomic E-state index is 0.620. The Balaban J connectivity index is 2.08. The highest BCUT2D eigenvalue weighted by atomic mass is 35.5. The van der Waals surface area contributed by atoms with E-state index in [1.54, 1.807) is 12.3 Å². The second-order valence-electron chi connectivity index (χ2n) is 4.35. The molecule has 0 aromatic carbocycles. The fourth-order valence-corrected chi connectivity index (χ4v) is 2.28. The van der Waals surface area contributed by atoms with E-state index in [2.05, 4.69) is 20.3 Å². The minimum atomic E-state index is 0.620. The molecule has 3 heterocycles. The predicted octanol–water partition coefficient (Wildman–Crippen LogP) is 2.15. The van der Waals surface area contributed by atoms with Crippen LogP contribution in [0, 0.1) is 6.92 Å². The fraction of sp³-hybridized carbons (Fsp3) is 0.308. The van der Waals surface area contributed by atoms with E-state index >= 15 is 0 Å². The van der Waals surface area contributed by atoms with E-state index in [1.807, 2.05) is 13.0 Å². The Morgan fingerprint density at radius 2 is 2.17 bits per heavy atom. The predicted molar refractivity (Wildman–Crippen MR) is 70.4 cm³/mol. The Labute approximate surface area is 110 Å². The van der Waals surface area contributed by atoms with Crippen LogP contribution in [0.5, 0.6) is 0 Å². The standard InChI is InChI=1S/C13H13ClN4/c1-8-10-4-5-15-7-12(10)18-13(17-8)11-3-2-9(14)6-16-11/h2-3,6,15H,4-5,7H2,1H3.